The highest BCUT2D eigenvalue weighted by molar-refractivity contribution is 7.89. The van der Waals surface area contributed by atoms with E-state index in [0.717, 1.165) is 18.5 Å². The number of carbonyl (C=O) groups is 1. The summed E-state index contributed by atoms with van der Waals surface area (Å²) in [6, 6.07) is 14.0. The lowest BCUT2D eigenvalue weighted by molar-refractivity contribution is 0.0985. The Bertz CT molecular complexity index is 913. The van der Waals surface area contributed by atoms with Crippen LogP contribution in [0.1, 0.15) is 43.1 Å². The molecule has 2 aromatic carbocycles. The van der Waals surface area contributed by atoms with Gasteiger partial charge in [-0.25, -0.2) is 13.1 Å². The number of para-hydroxylation sites is 1. The fraction of sp³-hybridized carbons (Fsp3) is 0.350. The molecule has 138 valence electrons. The maximum absolute atomic E-state index is 12.9. The van der Waals surface area contributed by atoms with E-state index in [2.05, 4.69) is 4.72 Å². The number of sulfonamides is 1. The van der Waals surface area contributed by atoms with Crippen LogP contribution in [0.15, 0.2) is 53.4 Å². The molecular weight excluding hydrogens is 348 g/mol. The van der Waals surface area contributed by atoms with Gasteiger partial charge in [0.05, 0.1) is 4.90 Å². The third-order valence-corrected chi connectivity index (χ3v) is 5.98. The number of hydrogen-bond acceptors (Lipinski definition) is 3. The molecule has 0 radical (unpaired) electrons. The van der Waals surface area contributed by atoms with Crippen LogP contribution in [-0.4, -0.2) is 26.4 Å². The molecule has 0 saturated heterocycles. The number of anilines is 1. The molecule has 0 fully saturated rings. The van der Waals surface area contributed by atoms with Crippen molar-refractivity contribution in [1.29, 1.82) is 0 Å². The van der Waals surface area contributed by atoms with E-state index in [0.29, 0.717) is 12.1 Å². The molecule has 2 aromatic rings. The normalized spacial score (nSPS) is 14.8. The number of benzene rings is 2. The molecule has 0 saturated carbocycles. The van der Waals surface area contributed by atoms with Gasteiger partial charge in [0.25, 0.3) is 5.91 Å². The predicted molar refractivity (Wildman–Crippen MR) is 103 cm³/mol. The van der Waals surface area contributed by atoms with E-state index in [4.69, 9.17) is 0 Å². The Morgan fingerprint density at radius 2 is 1.69 bits per heavy atom. The average Bonchev–Trinajstić information content (AvgIpc) is 2.59. The first-order valence-electron chi connectivity index (χ1n) is 8.71. The molecule has 0 atom stereocenters. The first kappa shape index (κ1) is 18.6. The molecule has 0 unspecified atom stereocenters. The van der Waals surface area contributed by atoms with Gasteiger partial charge in [-0.2, -0.15) is 0 Å². The molecular formula is C20H24N2O3S. The first-order chi connectivity index (χ1) is 12.2. The molecule has 5 nitrogen and oxygen atoms in total. The van der Waals surface area contributed by atoms with Crippen molar-refractivity contribution in [2.45, 2.75) is 44.0 Å². The Morgan fingerprint density at radius 3 is 2.35 bits per heavy atom. The van der Waals surface area contributed by atoms with Gasteiger partial charge in [-0.15, -0.1) is 0 Å². The molecule has 1 amide bonds. The second-order valence-corrected chi connectivity index (χ2v) is 9.25. The van der Waals surface area contributed by atoms with Crippen molar-refractivity contribution in [3.8, 4) is 0 Å². The van der Waals surface area contributed by atoms with Gasteiger partial charge in [-0.05, 0) is 69.5 Å². The number of aryl methyl sites for hydroxylation is 1. The highest BCUT2D eigenvalue weighted by Gasteiger charge is 2.25. The van der Waals surface area contributed by atoms with Gasteiger partial charge in [-0.1, -0.05) is 18.2 Å². The fourth-order valence-corrected chi connectivity index (χ4v) is 4.56. The van der Waals surface area contributed by atoms with Crippen LogP contribution in [0.5, 0.6) is 0 Å². The van der Waals surface area contributed by atoms with Crippen molar-refractivity contribution in [3.05, 3.63) is 59.7 Å². The van der Waals surface area contributed by atoms with E-state index in [-0.39, 0.29) is 10.8 Å². The summed E-state index contributed by atoms with van der Waals surface area (Å²) in [5.41, 5.74) is 2.03. The van der Waals surface area contributed by atoms with Crippen LogP contribution >= 0.6 is 0 Å². The Hall–Kier alpha value is -2.18. The number of amides is 1. The predicted octanol–water partition coefficient (Wildman–Crippen LogP) is 3.36. The van der Waals surface area contributed by atoms with Crippen LogP contribution in [0.25, 0.3) is 0 Å². The minimum Gasteiger partial charge on any atom is -0.308 e. The monoisotopic (exact) mass is 372 g/mol. The topological polar surface area (TPSA) is 66.5 Å². The molecule has 0 aromatic heterocycles. The second kappa shape index (κ2) is 6.85. The van der Waals surface area contributed by atoms with Gasteiger partial charge >= 0.3 is 0 Å². The zero-order valence-corrected chi connectivity index (χ0v) is 16.1. The highest BCUT2D eigenvalue weighted by atomic mass is 32.2. The molecule has 6 heteroatoms. The summed E-state index contributed by atoms with van der Waals surface area (Å²) < 4.78 is 27.4. The van der Waals surface area contributed by atoms with E-state index in [1.807, 2.05) is 24.3 Å². The fourth-order valence-electron chi connectivity index (χ4n) is 3.14. The first-order valence-corrected chi connectivity index (χ1v) is 10.2. The largest absolute Gasteiger partial charge is 0.308 e. The second-order valence-electron chi connectivity index (χ2n) is 7.57. The molecule has 0 spiro atoms. The molecule has 1 heterocycles. The standard InChI is InChI=1S/C20H24N2O3S/c1-20(2,3)21-26(24,25)17-12-10-16(11-13-17)19(23)22-14-6-8-15-7-4-5-9-18(15)22/h4-5,7,9-13,21H,6,8,14H2,1-3H3. The smallest absolute Gasteiger partial charge is 0.258 e. The maximum atomic E-state index is 12.9. The number of hydrogen-bond donors (Lipinski definition) is 1. The number of fused-ring (bicyclic) bond motifs is 1. The van der Waals surface area contributed by atoms with Crippen molar-refractivity contribution in [2.75, 3.05) is 11.4 Å². The number of carbonyl (C=O) groups excluding carboxylic acids is 1. The van der Waals surface area contributed by atoms with Gasteiger partial charge in [0.1, 0.15) is 0 Å². The Balaban J connectivity index is 1.85. The van der Waals surface area contributed by atoms with E-state index < -0.39 is 15.6 Å². The Labute approximate surface area is 155 Å². The highest BCUT2D eigenvalue weighted by Crippen LogP contribution is 2.28. The summed E-state index contributed by atoms with van der Waals surface area (Å²) in [7, 11) is -3.61. The van der Waals surface area contributed by atoms with E-state index in [9.17, 15) is 13.2 Å². The van der Waals surface area contributed by atoms with Crippen molar-refractivity contribution in [3.63, 3.8) is 0 Å². The minimum absolute atomic E-state index is 0.107. The molecule has 0 aliphatic carbocycles. The van der Waals surface area contributed by atoms with E-state index >= 15 is 0 Å². The zero-order chi connectivity index (χ0) is 18.9. The maximum Gasteiger partial charge on any atom is 0.258 e. The lowest BCUT2D eigenvalue weighted by Crippen LogP contribution is -2.40. The van der Waals surface area contributed by atoms with Crippen molar-refractivity contribution in [2.24, 2.45) is 0 Å². The van der Waals surface area contributed by atoms with Crippen LogP contribution in [0.4, 0.5) is 5.69 Å². The number of nitrogens with zero attached hydrogens (tertiary/aromatic N) is 1. The lowest BCUT2D eigenvalue weighted by atomic mass is 10.0. The van der Waals surface area contributed by atoms with Crippen LogP contribution in [0.3, 0.4) is 0 Å². The van der Waals surface area contributed by atoms with E-state index in [1.54, 1.807) is 37.8 Å². The SMILES string of the molecule is CC(C)(C)NS(=O)(=O)c1ccc(C(=O)N2CCCc3ccccc32)cc1. The lowest BCUT2D eigenvalue weighted by Gasteiger charge is -2.29. The van der Waals surface area contributed by atoms with Gasteiger partial charge in [-0.3, -0.25) is 4.79 Å². The Kier molecular flexibility index (Phi) is 4.90. The van der Waals surface area contributed by atoms with Crippen LogP contribution in [-0.2, 0) is 16.4 Å². The average molecular weight is 372 g/mol. The van der Waals surface area contributed by atoms with Gasteiger partial charge in [0.15, 0.2) is 0 Å². The summed E-state index contributed by atoms with van der Waals surface area (Å²) in [5.74, 6) is -0.107. The molecule has 1 aliphatic rings. The summed E-state index contributed by atoms with van der Waals surface area (Å²) in [5, 5.41) is 0. The van der Waals surface area contributed by atoms with Crippen LogP contribution in [0.2, 0.25) is 0 Å². The molecule has 3 rings (SSSR count). The Morgan fingerprint density at radius 1 is 1.04 bits per heavy atom. The molecule has 0 bridgehead atoms. The third-order valence-electron chi connectivity index (χ3n) is 4.21. The van der Waals surface area contributed by atoms with Crippen LogP contribution in [0, 0.1) is 0 Å². The van der Waals surface area contributed by atoms with Crippen molar-refractivity contribution >= 4 is 21.6 Å². The number of nitrogens with one attached hydrogen (secondary N) is 1. The summed E-state index contributed by atoms with van der Waals surface area (Å²) in [6.45, 7) is 6.03. The van der Waals surface area contributed by atoms with Gasteiger partial charge in [0.2, 0.25) is 10.0 Å². The molecule has 26 heavy (non-hydrogen) atoms. The third kappa shape index (κ3) is 3.97. The van der Waals surface area contributed by atoms with Gasteiger partial charge in [0, 0.05) is 23.3 Å². The minimum atomic E-state index is -3.61. The summed E-state index contributed by atoms with van der Waals surface area (Å²) >= 11 is 0. The van der Waals surface area contributed by atoms with Gasteiger partial charge < -0.3 is 4.90 Å². The van der Waals surface area contributed by atoms with Crippen LogP contribution < -0.4 is 9.62 Å². The quantitative estimate of drug-likeness (QED) is 0.898. The molecule has 1 aliphatic heterocycles. The number of rotatable bonds is 3. The van der Waals surface area contributed by atoms with E-state index in [1.165, 1.54) is 17.7 Å². The summed E-state index contributed by atoms with van der Waals surface area (Å²) in [4.78, 5) is 14.8. The van der Waals surface area contributed by atoms with Crippen molar-refractivity contribution < 1.29 is 13.2 Å². The molecule has 1 N–H and O–H groups in total. The van der Waals surface area contributed by atoms with Crippen molar-refractivity contribution in [1.82, 2.24) is 4.72 Å². The summed E-state index contributed by atoms with van der Waals surface area (Å²) in [6.07, 6.45) is 1.89. The zero-order valence-electron chi connectivity index (χ0n) is 15.3.